The number of anilines is 2. The van der Waals surface area contributed by atoms with Crippen LogP contribution in [0.25, 0.3) is 0 Å². The van der Waals surface area contributed by atoms with E-state index in [1.165, 1.54) is 0 Å². The molecule has 1 atom stereocenters. The zero-order valence-corrected chi connectivity index (χ0v) is 14.8. The Morgan fingerprint density at radius 2 is 1.89 bits per heavy atom. The molecule has 1 aromatic heterocycles. The summed E-state index contributed by atoms with van der Waals surface area (Å²) in [7, 11) is 0. The third-order valence-electron chi connectivity index (χ3n) is 4.21. The van der Waals surface area contributed by atoms with Gasteiger partial charge in [0, 0.05) is 11.9 Å². The lowest BCUT2D eigenvalue weighted by atomic mass is 10.1. The van der Waals surface area contributed by atoms with Crippen LogP contribution in [0, 0.1) is 0 Å². The van der Waals surface area contributed by atoms with E-state index in [4.69, 9.17) is 11.6 Å². The monoisotopic (exact) mass is 378 g/mol. The molecule has 3 N–H and O–H groups in total. The number of hydrogen-bond acceptors (Lipinski definition) is 4. The molecule has 1 unspecified atom stereocenters. The standard InChI is InChI=1S/C20H15ClN4O2/c21-16-9-2-1-7-14(16)19(26)23-13-6-3-5-12(11-13)17-24-18-15(20(27)25-17)8-4-10-22-18/h1-11,17H,(H,22,24)(H,23,26)(H,25,27). The zero-order valence-electron chi connectivity index (χ0n) is 14.1. The molecule has 0 spiro atoms. The number of carbonyl (C=O) groups excluding carboxylic acids is 2. The fourth-order valence-corrected chi connectivity index (χ4v) is 3.11. The van der Waals surface area contributed by atoms with Gasteiger partial charge in [-0.3, -0.25) is 9.59 Å². The number of nitrogens with zero attached hydrogens (tertiary/aromatic N) is 1. The van der Waals surface area contributed by atoms with E-state index >= 15 is 0 Å². The number of nitrogens with one attached hydrogen (secondary N) is 3. The topological polar surface area (TPSA) is 83.1 Å². The summed E-state index contributed by atoms with van der Waals surface area (Å²) in [5, 5.41) is 9.29. The molecule has 1 aliphatic rings. The van der Waals surface area contributed by atoms with Crippen LogP contribution in [0.5, 0.6) is 0 Å². The van der Waals surface area contributed by atoms with E-state index in [9.17, 15) is 9.59 Å². The van der Waals surface area contributed by atoms with Gasteiger partial charge >= 0.3 is 0 Å². The maximum atomic E-state index is 12.4. The fraction of sp³-hybridized carbons (Fsp3) is 0.0500. The van der Waals surface area contributed by atoms with E-state index < -0.39 is 6.17 Å². The molecule has 0 radical (unpaired) electrons. The molecule has 0 saturated carbocycles. The van der Waals surface area contributed by atoms with Crippen LogP contribution < -0.4 is 16.0 Å². The molecular weight excluding hydrogens is 364 g/mol. The molecule has 1 aliphatic heterocycles. The summed E-state index contributed by atoms with van der Waals surface area (Å²) in [5.74, 6) is 0.0227. The zero-order chi connectivity index (χ0) is 18.8. The van der Waals surface area contributed by atoms with Gasteiger partial charge in [0.15, 0.2) is 0 Å². The predicted octanol–water partition coefficient (Wildman–Crippen LogP) is 3.84. The van der Waals surface area contributed by atoms with Crippen molar-refractivity contribution >= 4 is 34.9 Å². The number of hydrogen-bond donors (Lipinski definition) is 3. The predicted molar refractivity (Wildman–Crippen MR) is 104 cm³/mol. The van der Waals surface area contributed by atoms with E-state index in [-0.39, 0.29) is 11.8 Å². The smallest absolute Gasteiger partial charge is 0.257 e. The van der Waals surface area contributed by atoms with Crippen LogP contribution in [0.15, 0.2) is 66.9 Å². The Labute approximate surface area is 160 Å². The summed E-state index contributed by atoms with van der Waals surface area (Å²) < 4.78 is 0. The highest BCUT2D eigenvalue weighted by Crippen LogP contribution is 2.26. The molecule has 2 amide bonds. The van der Waals surface area contributed by atoms with E-state index in [0.717, 1.165) is 5.56 Å². The molecule has 27 heavy (non-hydrogen) atoms. The molecule has 2 aromatic carbocycles. The molecule has 0 bridgehead atoms. The van der Waals surface area contributed by atoms with Crippen molar-refractivity contribution in [3.8, 4) is 0 Å². The third-order valence-corrected chi connectivity index (χ3v) is 4.53. The van der Waals surface area contributed by atoms with Gasteiger partial charge in [0.25, 0.3) is 11.8 Å². The van der Waals surface area contributed by atoms with Crippen LogP contribution in [-0.4, -0.2) is 16.8 Å². The summed E-state index contributed by atoms with van der Waals surface area (Å²) in [6.45, 7) is 0. The first kappa shape index (κ1) is 17.1. The normalized spacial score (nSPS) is 15.3. The van der Waals surface area contributed by atoms with Gasteiger partial charge in [-0.1, -0.05) is 35.9 Å². The Morgan fingerprint density at radius 1 is 1.04 bits per heavy atom. The SMILES string of the molecule is O=C(Nc1cccc(C2NC(=O)c3cccnc3N2)c1)c1ccccc1Cl. The number of amides is 2. The highest BCUT2D eigenvalue weighted by Gasteiger charge is 2.25. The lowest BCUT2D eigenvalue weighted by molar-refractivity contribution is 0.0934. The van der Waals surface area contributed by atoms with Gasteiger partial charge in [-0.25, -0.2) is 4.98 Å². The summed E-state index contributed by atoms with van der Waals surface area (Å²) in [4.78, 5) is 28.9. The molecular formula is C20H15ClN4O2. The van der Waals surface area contributed by atoms with E-state index in [2.05, 4.69) is 20.9 Å². The minimum atomic E-state index is -0.447. The first-order valence-electron chi connectivity index (χ1n) is 8.30. The number of rotatable bonds is 3. The van der Waals surface area contributed by atoms with Crippen molar-refractivity contribution in [3.63, 3.8) is 0 Å². The van der Waals surface area contributed by atoms with Crippen molar-refractivity contribution < 1.29 is 9.59 Å². The Bertz CT molecular complexity index is 1040. The molecule has 3 aromatic rings. The van der Waals surface area contributed by atoms with Gasteiger partial charge in [-0.2, -0.15) is 0 Å². The van der Waals surface area contributed by atoms with Gasteiger partial charge in [0.05, 0.1) is 16.1 Å². The first-order valence-corrected chi connectivity index (χ1v) is 8.68. The van der Waals surface area contributed by atoms with Crippen LogP contribution in [0.1, 0.15) is 32.4 Å². The van der Waals surface area contributed by atoms with Crippen molar-refractivity contribution in [2.75, 3.05) is 10.6 Å². The number of aromatic nitrogens is 1. The minimum Gasteiger partial charge on any atom is -0.346 e. The second-order valence-corrected chi connectivity index (χ2v) is 6.42. The van der Waals surface area contributed by atoms with Crippen LogP contribution in [0.2, 0.25) is 5.02 Å². The van der Waals surface area contributed by atoms with Gasteiger partial charge in [-0.05, 0) is 42.0 Å². The summed E-state index contributed by atoms with van der Waals surface area (Å²) >= 11 is 6.08. The number of carbonyl (C=O) groups is 2. The van der Waals surface area contributed by atoms with Gasteiger partial charge in [0.1, 0.15) is 12.0 Å². The van der Waals surface area contributed by atoms with E-state index in [0.29, 0.717) is 27.7 Å². The summed E-state index contributed by atoms with van der Waals surface area (Å²) in [6.07, 6.45) is 1.18. The van der Waals surface area contributed by atoms with Crippen molar-refractivity contribution in [1.29, 1.82) is 0 Å². The van der Waals surface area contributed by atoms with Crippen LogP contribution in [0.3, 0.4) is 0 Å². The summed E-state index contributed by atoms with van der Waals surface area (Å²) in [6, 6.07) is 17.5. The van der Waals surface area contributed by atoms with E-state index in [1.54, 1.807) is 60.8 Å². The van der Waals surface area contributed by atoms with Crippen LogP contribution in [0.4, 0.5) is 11.5 Å². The Balaban J connectivity index is 1.56. The number of halogens is 1. The quantitative estimate of drug-likeness (QED) is 0.646. The highest BCUT2D eigenvalue weighted by atomic mass is 35.5. The van der Waals surface area contributed by atoms with Crippen LogP contribution >= 0.6 is 11.6 Å². The molecule has 0 aliphatic carbocycles. The van der Waals surface area contributed by atoms with Gasteiger partial charge in [0.2, 0.25) is 0 Å². The molecule has 0 saturated heterocycles. The molecule has 134 valence electrons. The molecule has 4 rings (SSSR count). The lowest BCUT2D eigenvalue weighted by Gasteiger charge is -2.27. The van der Waals surface area contributed by atoms with Crippen molar-refractivity contribution in [2.24, 2.45) is 0 Å². The fourth-order valence-electron chi connectivity index (χ4n) is 2.89. The van der Waals surface area contributed by atoms with E-state index in [1.807, 2.05) is 6.07 Å². The minimum absolute atomic E-state index is 0.202. The van der Waals surface area contributed by atoms with Gasteiger partial charge < -0.3 is 16.0 Å². The summed E-state index contributed by atoms with van der Waals surface area (Å²) in [5.41, 5.74) is 2.28. The van der Waals surface area contributed by atoms with Gasteiger partial charge in [-0.15, -0.1) is 0 Å². The second kappa shape index (κ2) is 7.09. The van der Waals surface area contributed by atoms with Crippen LogP contribution in [-0.2, 0) is 0 Å². The first-order chi connectivity index (χ1) is 13.1. The third kappa shape index (κ3) is 3.47. The number of fused-ring (bicyclic) bond motifs is 1. The Kier molecular flexibility index (Phi) is 4.48. The maximum Gasteiger partial charge on any atom is 0.257 e. The average Bonchev–Trinajstić information content (AvgIpc) is 2.68. The largest absolute Gasteiger partial charge is 0.346 e. The average molecular weight is 379 g/mol. The molecule has 0 fully saturated rings. The lowest BCUT2D eigenvalue weighted by Crippen LogP contribution is -2.38. The second-order valence-electron chi connectivity index (χ2n) is 6.01. The maximum absolute atomic E-state index is 12.4. The molecule has 2 heterocycles. The molecule has 6 nitrogen and oxygen atoms in total. The Hall–Kier alpha value is -3.38. The number of benzene rings is 2. The molecule has 7 heteroatoms. The number of pyridine rings is 1. The van der Waals surface area contributed by atoms with Crippen molar-refractivity contribution in [2.45, 2.75) is 6.17 Å². The highest BCUT2D eigenvalue weighted by molar-refractivity contribution is 6.34. The Morgan fingerprint density at radius 3 is 2.74 bits per heavy atom. The van der Waals surface area contributed by atoms with Crippen molar-refractivity contribution in [1.82, 2.24) is 10.3 Å². The van der Waals surface area contributed by atoms with Crippen molar-refractivity contribution in [3.05, 3.63) is 88.6 Å².